The van der Waals surface area contributed by atoms with Crippen LogP contribution in [0.2, 0.25) is 0 Å². The fourth-order valence-corrected chi connectivity index (χ4v) is 3.69. The molecular weight excluding hydrogens is 274 g/mol. The van der Waals surface area contributed by atoms with Gasteiger partial charge in [-0.05, 0) is 54.7 Å². The molecule has 2 heterocycles. The van der Waals surface area contributed by atoms with Gasteiger partial charge in [-0.3, -0.25) is 0 Å². The monoisotopic (exact) mass is 291 g/mol. The maximum absolute atomic E-state index is 10.7. The Morgan fingerprint density at radius 1 is 1.23 bits per heavy atom. The second-order valence-electron chi connectivity index (χ2n) is 6.03. The lowest BCUT2D eigenvalue weighted by molar-refractivity contribution is 0.772. The number of hydrogen-bond acceptors (Lipinski definition) is 3. The van der Waals surface area contributed by atoms with Gasteiger partial charge in [0.2, 0.25) is 0 Å². The first-order chi connectivity index (χ1) is 10.6. The van der Waals surface area contributed by atoms with Gasteiger partial charge in [0, 0.05) is 5.56 Å². The summed E-state index contributed by atoms with van der Waals surface area (Å²) in [6.07, 6.45) is 0. The maximum Gasteiger partial charge on any atom is 0.107 e. The zero-order chi connectivity index (χ0) is 15.4. The van der Waals surface area contributed by atoms with Gasteiger partial charge in [0.25, 0.3) is 0 Å². The summed E-state index contributed by atoms with van der Waals surface area (Å²) in [4.78, 5) is 15.4. The highest BCUT2D eigenvalue weighted by atomic mass is 16.3. The number of nitroso groups, excluding NO2 is 1. The van der Waals surface area contributed by atoms with Crippen LogP contribution in [0.25, 0.3) is 22.2 Å². The van der Waals surface area contributed by atoms with Gasteiger partial charge in [0.05, 0.1) is 17.6 Å². The minimum Gasteiger partial charge on any atom is -0.323 e. The van der Waals surface area contributed by atoms with Crippen LogP contribution in [0.15, 0.2) is 29.4 Å². The van der Waals surface area contributed by atoms with Crippen LogP contribution in [0, 0.1) is 25.7 Å². The molecule has 0 bridgehead atoms. The summed E-state index contributed by atoms with van der Waals surface area (Å²) in [5, 5.41) is 3.10. The van der Waals surface area contributed by atoms with Crippen molar-refractivity contribution in [2.24, 2.45) is 5.18 Å². The first-order valence-electron chi connectivity index (χ1n) is 7.49. The quantitative estimate of drug-likeness (QED) is 0.518. The van der Waals surface area contributed by atoms with E-state index in [4.69, 9.17) is 0 Å². The van der Waals surface area contributed by atoms with Crippen molar-refractivity contribution in [3.63, 3.8) is 0 Å². The smallest absolute Gasteiger partial charge is 0.107 e. The van der Waals surface area contributed by atoms with E-state index in [1.54, 1.807) is 0 Å². The Kier molecular flexibility index (Phi) is 2.70. The molecule has 0 N–H and O–H groups in total. The number of hydrogen-bond donors (Lipinski definition) is 0. The molecule has 0 atom stereocenters. The molecule has 4 rings (SSSR count). The predicted molar refractivity (Wildman–Crippen MR) is 88.0 cm³/mol. The number of aryl methyl sites for hydroxylation is 2. The van der Waals surface area contributed by atoms with E-state index in [1.807, 2.05) is 6.92 Å². The van der Waals surface area contributed by atoms with Crippen molar-refractivity contribution >= 4 is 11.0 Å². The highest BCUT2D eigenvalue weighted by Crippen LogP contribution is 2.40. The largest absolute Gasteiger partial charge is 0.323 e. The van der Waals surface area contributed by atoms with Gasteiger partial charge >= 0.3 is 0 Å². The zero-order valence-electron chi connectivity index (χ0n) is 13.0. The second-order valence-corrected chi connectivity index (χ2v) is 6.03. The molecule has 2 aromatic carbocycles. The Morgan fingerprint density at radius 3 is 2.82 bits per heavy atom. The zero-order valence-corrected chi connectivity index (χ0v) is 13.0. The topological polar surface area (TPSA) is 47.2 Å². The molecule has 0 radical (unpaired) electrons. The fraction of sp³-hybridized carbons (Fsp3) is 0.278. The molecule has 1 aliphatic rings. The number of para-hydroxylation sites is 1. The summed E-state index contributed by atoms with van der Waals surface area (Å²) >= 11 is 0. The summed E-state index contributed by atoms with van der Waals surface area (Å²) in [6.45, 7) is 7.26. The molecule has 3 aromatic rings. The van der Waals surface area contributed by atoms with E-state index in [-0.39, 0.29) is 6.54 Å². The van der Waals surface area contributed by atoms with Crippen LogP contribution in [-0.2, 0) is 13.1 Å². The minimum absolute atomic E-state index is 0.241. The normalized spacial score (nSPS) is 12.5. The highest BCUT2D eigenvalue weighted by molar-refractivity contribution is 5.95. The third kappa shape index (κ3) is 1.61. The number of benzene rings is 2. The van der Waals surface area contributed by atoms with Crippen molar-refractivity contribution < 1.29 is 0 Å². The van der Waals surface area contributed by atoms with Crippen LogP contribution < -0.4 is 0 Å². The van der Waals surface area contributed by atoms with Gasteiger partial charge in [0.15, 0.2) is 0 Å². The van der Waals surface area contributed by atoms with E-state index in [2.05, 4.69) is 52.8 Å². The van der Waals surface area contributed by atoms with Gasteiger partial charge < -0.3 is 4.57 Å². The van der Waals surface area contributed by atoms with Crippen molar-refractivity contribution in [2.75, 3.05) is 0 Å². The second kappa shape index (κ2) is 4.50. The van der Waals surface area contributed by atoms with Crippen LogP contribution in [0.4, 0.5) is 0 Å². The van der Waals surface area contributed by atoms with E-state index >= 15 is 0 Å². The Morgan fingerprint density at radius 2 is 2.05 bits per heavy atom. The van der Waals surface area contributed by atoms with Gasteiger partial charge in [-0.25, -0.2) is 4.98 Å². The van der Waals surface area contributed by atoms with Crippen LogP contribution in [-0.4, -0.2) is 9.55 Å². The summed E-state index contributed by atoms with van der Waals surface area (Å²) in [7, 11) is 0. The number of rotatable bonds is 2. The lowest BCUT2D eigenvalue weighted by Crippen LogP contribution is -2.12. The number of imidazole rings is 1. The number of aromatic nitrogens is 2. The first kappa shape index (κ1) is 13.2. The Bertz CT molecular complexity index is 937. The maximum atomic E-state index is 10.7. The molecular formula is C18H17N3O. The van der Waals surface area contributed by atoms with Gasteiger partial charge in [-0.2, -0.15) is 4.91 Å². The van der Waals surface area contributed by atoms with Crippen LogP contribution in [0.3, 0.4) is 0 Å². The van der Waals surface area contributed by atoms with E-state index in [1.165, 1.54) is 27.8 Å². The Hall–Kier alpha value is -2.49. The molecule has 22 heavy (non-hydrogen) atoms. The average molecular weight is 291 g/mol. The third-order valence-electron chi connectivity index (χ3n) is 4.85. The number of fused-ring (bicyclic) bond motifs is 2. The molecule has 4 nitrogen and oxygen atoms in total. The molecule has 0 saturated heterocycles. The highest BCUT2D eigenvalue weighted by Gasteiger charge is 2.24. The molecule has 0 fully saturated rings. The molecule has 0 amide bonds. The molecule has 4 heteroatoms. The fourth-order valence-electron chi connectivity index (χ4n) is 3.69. The molecule has 0 unspecified atom stereocenters. The molecule has 110 valence electrons. The van der Waals surface area contributed by atoms with E-state index in [0.29, 0.717) is 0 Å². The Balaban J connectivity index is 2.09. The van der Waals surface area contributed by atoms with Crippen molar-refractivity contribution in [3.05, 3.63) is 57.3 Å². The molecule has 1 aromatic heterocycles. The summed E-state index contributed by atoms with van der Waals surface area (Å²) in [5.41, 5.74) is 9.43. The number of nitrogens with zero attached hydrogens (tertiary/aromatic N) is 3. The summed E-state index contributed by atoms with van der Waals surface area (Å²) in [5.74, 6) is 1.03. The van der Waals surface area contributed by atoms with E-state index in [9.17, 15) is 4.91 Å². The SMILES string of the molecule is Cc1cc2c(c(C)c1CN=O)Cn1c(C)nc3cccc-2c31. The van der Waals surface area contributed by atoms with E-state index in [0.717, 1.165) is 29.0 Å². The molecule has 0 saturated carbocycles. The van der Waals surface area contributed by atoms with Crippen molar-refractivity contribution in [2.45, 2.75) is 33.9 Å². The lowest BCUT2D eigenvalue weighted by atomic mass is 9.87. The first-order valence-corrected chi connectivity index (χ1v) is 7.49. The van der Waals surface area contributed by atoms with Gasteiger partial charge in [0.1, 0.15) is 12.4 Å². The summed E-state index contributed by atoms with van der Waals surface area (Å²) in [6, 6.07) is 8.49. The molecule has 1 aliphatic heterocycles. The van der Waals surface area contributed by atoms with Crippen LogP contribution in [0.1, 0.15) is 28.1 Å². The third-order valence-corrected chi connectivity index (χ3v) is 4.85. The van der Waals surface area contributed by atoms with Crippen LogP contribution >= 0.6 is 0 Å². The predicted octanol–water partition coefficient (Wildman–Crippen LogP) is 4.26. The van der Waals surface area contributed by atoms with Crippen molar-refractivity contribution in [1.82, 2.24) is 9.55 Å². The van der Waals surface area contributed by atoms with Crippen molar-refractivity contribution in [1.29, 1.82) is 0 Å². The minimum atomic E-state index is 0.241. The van der Waals surface area contributed by atoms with Crippen molar-refractivity contribution in [3.8, 4) is 11.1 Å². The molecule has 0 aliphatic carbocycles. The Labute approximate surface area is 128 Å². The summed E-state index contributed by atoms with van der Waals surface area (Å²) < 4.78 is 2.27. The van der Waals surface area contributed by atoms with Gasteiger partial charge in [-0.1, -0.05) is 23.4 Å². The lowest BCUT2D eigenvalue weighted by Gasteiger charge is -2.24. The van der Waals surface area contributed by atoms with Gasteiger partial charge in [-0.15, -0.1) is 0 Å². The van der Waals surface area contributed by atoms with Crippen LogP contribution in [0.5, 0.6) is 0 Å². The molecule has 0 spiro atoms. The standard InChI is InChI=1S/C18H17N3O/c1-10-7-14-13-5-4-6-17-18(13)21(12(3)20-17)9-16(14)11(2)15(10)8-19-22/h4-7H,8-9H2,1-3H3. The average Bonchev–Trinajstić information content (AvgIpc) is 2.82. The van der Waals surface area contributed by atoms with E-state index < -0.39 is 0 Å².